The average molecular weight is 508 g/mol. The summed E-state index contributed by atoms with van der Waals surface area (Å²) in [6, 6.07) is 14.5. The number of halogens is 3. The van der Waals surface area contributed by atoms with Gasteiger partial charge < -0.3 is 15.2 Å². The number of nitrogens with one attached hydrogen (secondary N) is 1. The van der Waals surface area contributed by atoms with Crippen molar-refractivity contribution in [2.45, 2.75) is 69.8 Å². The molecule has 2 aliphatic rings. The van der Waals surface area contributed by atoms with Crippen LogP contribution in [0.1, 0.15) is 56.7 Å². The Kier molecular flexibility index (Phi) is 8.94. The predicted molar refractivity (Wildman–Crippen MR) is 127 cm³/mol. The minimum Gasteiger partial charge on any atom is -0.487 e. The van der Waals surface area contributed by atoms with Gasteiger partial charge in [-0.2, -0.15) is 13.2 Å². The monoisotopic (exact) mass is 507 g/mol. The molecule has 0 saturated carbocycles. The van der Waals surface area contributed by atoms with Gasteiger partial charge in [0.1, 0.15) is 11.4 Å². The Morgan fingerprint density at radius 1 is 1.17 bits per heavy atom. The van der Waals surface area contributed by atoms with Crippen molar-refractivity contribution in [3.8, 4) is 5.75 Å². The Balaban J connectivity index is 0.000000454. The summed E-state index contributed by atoms with van der Waals surface area (Å²) in [5.74, 6) is -1.46. The number of alkyl halides is 3. The lowest BCUT2D eigenvalue weighted by molar-refractivity contribution is -0.192. The Bertz CT molecular complexity index is 1020. The molecule has 1 spiro atoms. The molecule has 4 rings (SSSR count). The maximum absolute atomic E-state index is 12.5. The van der Waals surface area contributed by atoms with Crippen molar-refractivity contribution in [3.05, 3.63) is 59.9 Å². The number of pyridine rings is 1. The van der Waals surface area contributed by atoms with Crippen LogP contribution < -0.4 is 10.1 Å². The molecule has 2 aromatic rings. The molecule has 7 nitrogen and oxygen atoms in total. The molecule has 2 N–H and O–H groups in total. The molecule has 10 heteroatoms. The number of amides is 1. The molecule has 196 valence electrons. The summed E-state index contributed by atoms with van der Waals surface area (Å²) in [5.41, 5.74) is 2.12. The van der Waals surface area contributed by atoms with E-state index in [0.717, 1.165) is 50.3 Å². The molecule has 1 atom stereocenters. The van der Waals surface area contributed by atoms with Crippen LogP contribution >= 0.6 is 0 Å². The molecule has 0 aliphatic carbocycles. The third-order valence-corrected chi connectivity index (χ3v) is 6.31. The number of carbonyl (C=O) groups excluding carboxylic acids is 1. The first kappa shape index (κ1) is 27.4. The lowest BCUT2D eigenvalue weighted by atomic mass is 9.76. The summed E-state index contributed by atoms with van der Waals surface area (Å²) in [6.07, 6.45) is 0.173. The molecule has 0 radical (unpaired) electrons. The number of nitrogens with zero attached hydrogens (tertiary/aromatic N) is 2. The first-order chi connectivity index (χ1) is 17.0. The molecule has 1 amide bonds. The normalized spacial score (nSPS) is 19.0. The summed E-state index contributed by atoms with van der Waals surface area (Å²) in [7, 11) is 0. The molecule has 1 fully saturated rings. The number of rotatable bonds is 5. The van der Waals surface area contributed by atoms with Crippen molar-refractivity contribution in [1.82, 2.24) is 15.2 Å². The highest BCUT2D eigenvalue weighted by atomic mass is 19.4. The van der Waals surface area contributed by atoms with E-state index in [-0.39, 0.29) is 23.5 Å². The molecule has 1 unspecified atom stereocenters. The fourth-order valence-corrected chi connectivity index (χ4v) is 4.68. The second-order valence-electron chi connectivity index (χ2n) is 9.55. The van der Waals surface area contributed by atoms with Gasteiger partial charge in [-0.1, -0.05) is 24.3 Å². The average Bonchev–Trinajstić information content (AvgIpc) is 2.81. The summed E-state index contributed by atoms with van der Waals surface area (Å²) in [4.78, 5) is 28.3. The SMILES string of the molecule is CC(C)NC(=O)CC1CC2(CCN(Cc3ccccn3)CC2)Oc2ccccc21.O=C(O)C(F)(F)F. The molecule has 1 saturated heterocycles. The number of hydrogen-bond acceptors (Lipinski definition) is 5. The van der Waals surface area contributed by atoms with Crippen LogP contribution in [0.5, 0.6) is 5.75 Å². The Hall–Kier alpha value is -3.14. The van der Waals surface area contributed by atoms with Crippen molar-refractivity contribution < 1.29 is 32.6 Å². The van der Waals surface area contributed by atoms with Gasteiger partial charge in [0.15, 0.2) is 0 Å². The molecule has 1 aromatic heterocycles. The summed E-state index contributed by atoms with van der Waals surface area (Å²) >= 11 is 0. The smallest absolute Gasteiger partial charge is 0.487 e. The van der Waals surface area contributed by atoms with Crippen LogP contribution in [0, 0.1) is 0 Å². The van der Waals surface area contributed by atoms with Gasteiger partial charge in [-0.3, -0.25) is 14.7 Å². The van der Waals surface area contributed by atoms with Crippen molar-refractivity contribution in [2.24, 2.45) is 0 Å². The fraction of sp³-hybridized carbons (Fsp3) is 0.500. The third-order valence-electron chi connectivity index (χ3n) is 6.31. The standard InChI is InChI=1S/C24H31N3O2.C2HF3O2/c1-18(2)26-23(28)15-19-16-24(29-22-9-4-3-8-21(19)22)10-13-27(14-11-24)17-20-7-5-6-12-25-20;3-2(4,5)1(6)7/h3-9,12,18-19H,10-11,13-17H2,1-2H3,(H,26,28);(H,6,7). The molecular formula is C26H32F3N3O4. The Morgan fingerprint density at radius 2 is 1.81 bits per heavy atom. The third kappa shape index (κ3) is 7.68. The maximum Gasteiger partial charge on any atom is 0.490 e. The van der Waals surface area contributed by atoms with Crippen LogP contribution in [-0.2, 0) is 16.1 Å². The molecule has 2 aliphatic heterocycles. The summed E-state index contributed by atoms with van der Waals surface area (Å²) in [5, 5.41) is 10.2. The van der Waals surface area contributed by atoms with E-state index in [1.165, 1.54) is 5.56 Å². The van der Waals surface area contributed by atoms with Gasteiger partial charge in [-0.25, -0.2) is 4.79 Å². The van der Waals surface area contributed by atoms with Gasteiger partial charge in [-0.15, -0.1) is 0 Å². The highest BCUT2D eigenvalue weighted by Crippen LogP contribution is 2.46. The fourth-order valence-electron chi connectivity index (χ4n) is 4.68. The number of hydrogen-bond donors (Lipinski definition) is 2. The van der Waals surface area contributed by atoms with Crippen molar-refractivity contribution in [1.29, 1.82) is 0 Å². The van der Waals surface area contributed by atoms with Crippen molar-refractivity contribution >= 4 is 11.9 Å². The van der Waals surface area contributed by atoms with Crippen molar-refractivity contribution in [3.63, 3.8) is 0 Å². The summed E-state index contributed by atoms with van der Waals surface area (Å²) in [6.45, 7) is 6.88. The number of benzene rings is 1. The van der Waals surface area contributed by atoms with E-state index in [9.17, 15) is 18.0 Å². The van der Waals surface area contributed by atoms with E-state index >= 15 is 0 Å². The highest BCUT2D eigenvalue weighted by Gasteiger charge is 2.43. The van der Waals surface area contributed by atoms with Crippen LogP contribution in [0.4, 0.5) is 13.2 Å². The number of para-hydroxylation sites is 1. The molecule has 1 aromatic carbocycles. The number of carboxylic acid groups (broad SMARTS) is 1. The summed E-state index contributed by atoms with van der Waals surface area (Å²) < 4.78 is 38.3. The number of ether oxygens (including phenoxy) is 1. The van der Waals surface area contributed by atoms with Gasteiger partial charge in [0.2, 0.25) is 5.91 Å². The number of carboxylic acids is 1. The predicted octanol–water partition coefficient (Wildman–Crippen LogP) is 4.53. The van der Waals surface area contributed by atoms with E-state index in [4.69, 9.17) is 14.6 Å². The number of fused-ring (bicyclic) bond motifs is 1. The second-order valence-corrected chi connectivity index (χ2v) is 9.55. The number of aliphatic carboxylic acids is 1. The second kappa shape index (κ2) is 11.7. The number of piperidine rings is 1. The minimum absolute atomic E-state index is 0.129. The zero-order valence-corrected chi connectivity index (χ0v) is 20.4. The van der Waals surface area contributed by atoms with Crippen LogP contribution in [0.3, 0.4) is 0 Å². The van der Waals surface area contributed by atoms with E-state index in [0.29, 0.717) is 6.42 Å². The van der Waals surface area contributed by atoms with E-state index in [2.05, 4.69) is 33.4 Å². The number of aromatic nitrogens is 1. The van der Waals surface area contributed by atoms with Gasteiger partial charge >= 0.3 is 12.1 Å². The highest BCUT2D eigenvalue weighted by molar-refractivity contribution is 5.77. The first-order valence-corrected chi connectivity index (χ1v) is 12.0. The van der Waals surface area contributed by atoms with E-state index < -0.39 is 12.1 Å². The van der Waals surface area contributed by atoms with Crippen molar-refractivity contribution in [2.75, 3.05) is 13.1 Å². The molecular weight excluding hydrogens is 475 g/mol. The lowest BCUT2D eigenvalue weighted by Gasteiger charge is -2.47. The van der Waals surface area contributed by atoms with E-state index in [1.807, 2.05) is 44.3 Å². The minimum atomic E-state index is -5.08. The zero-order chi connectivity index (χ0) is 26.3. The lowest BCUT2D eigenvalue weighted by Crippen LogP contribution is -2.50. The van der Waals surface area contributed by atoms with Gasteiger partial charge in [0, 0.05) is 44.2 Å². The van der Waals surface area contributed by atoms with Crippen LogP contribution in [0.2, 0.25) is 0 Å². The molecule has 0 bridgehead atoms. The van der Waals surface area contributed by atoms with Crippen LogP contribution in [0.25, 0.3) is 0 Å². The van der Waals surface area contributed by atoms with Gasteiger partial charge in [0.25, 0.3) is 0 Å². The van der Waals surface area contributed by atoms with Gasteiger partial charge in [-0.05, 0) is 56.9 Å². The van der Waals surface area contributed by atoms with E-state index in [1.54, 1.807) is 0 Å². The molecule has 3 heterocycles. The Morgan fingerprint density at radius 3 is 2.39 bits per heavy atom. The Labute approximate surface area is 208 Å². The first-order valence-electron chi connectivity index (χ1n) is 12.0. The topological polar surface area (TPSA) is 91.8 Å². The number of carbonyl (C=O) groups is 2. The maximum atomic E-state index is 12.5. The largest absolute Gasteiger partial charge is 0.490 e. The molecule has 36 heavy (non-hydrogen) atoms. The van der Waals surface area contributed by atoms with Gasteiger partial charge in [0.05, 0.1) is 5.69 Å². The quantitative estimate of drug-likeness (QED) is 0.618. The van der Waals surface area contributed by atoms with Crippen LogP contribution in [-0.4, -0.2) is 57.8 Å². The van der Waals surface area contributed by atoms with Crippen LogP contribution in [0.15, 0.2) is 48.7 Å². The zero-order valence-electron chi connectivity index (χ0n) is 20.4. The number of likely N-dealkylation sites (tertiary alicyclic amines) is 1.